The molecule has 2 aromatic rings. The Labute approximate surface area is 228 Å². The van der Waals surface area contributed by atoms with E-state index in [1.165, 1.54) is 0 Å². The number of benzene rings is 1. The summed E-state index contributed by atoms with van der Waals surface area (Å²) >= 11 is 6.12. The number of pyridine rings is 1. The number of aromatic nitrogens is 1. The van der Waals surface area contributed by atoms with Gasteiger partial charge in [0.1, 0.15) is 11.9 Å². The first-order valence-corrected chi connectivity index (χ1v) is 13.3. The fourth-order valence-electron chi connectivity index (χ4n) is 5.25. The molecule has 1 aromatic heterocycles. The molecule has 1 aromatic carbocycles. The van der Waals surface area contributed by atoms with Crippen molar-refractivity contribution in [1.29, 1.82) is 5.26 Å². The molecule has 9 nitrogen and oxygen atoms in total. The molecule has 2 saturated heterocycles. The number of carbonyl (C=O) groups is 2. The van der Waals surface area contributed by atoms with Gasteiger partial charge in [0.15, 0.2) is 0 Å². The van der Waals surface area contributed by atoms with Crippen molar-refractivity contribution in [2.75, 3.05) is 58.5 Å². The summed E-state index contributed by atoms with van der Waals surface area (Å²) < 4.78 is 10.5. The molecule has 0 spiro atoms. The Kier molecular flexibility index (Phi) is 9.43. The van der Waals surface area contributed by atoms with Crippen molar-refractivity contribution in [2.24, 2.45) is 5.92 Å². The lowest BCUT2D eigenvalue weighted by Crippen LogP contribution is -2.44. The lowest BCUT2D eigenvalue weighted by atomic mass is 9.93. The number of rotatable bonds is 8. The quantitative estimate of drug-likeness (QED) is 0.469. The highest BCUT2D eigenvalue weighted by atomic mass is 35.5. The molecule has 202 valence electrons. The molecule has 0 bridgehead atoms. The number of carbonyl (C=O) groups excluding carboxylic acids is 2. The molecule has 2 fully saturated rings. The summed E-state index contributed by atoms with van der Waals surface area (Å²) in [6, 6.07) is 13.1. The van der Waals surface area contributed by atoms with Gasteiger partial charge >= 0.3 is 6.09 Å². The van der Waals surface area contributed by atoms with E-state index in [0.717, 1.165) is 37.3 Å². The number of halogens is 1. The number of hydrogen-bond acceptors (Lipinski definition) is 7. The topological polar surface area (TPSA) is 99.0 Å². The van der Waals surface area contributed by atoms with Crippen LogP contribution >= 0.6 is 11.6 Å². The molecule has 10 heteroatoms. The third-order valence-electron chi connectivity index (χ3n) is 7.45. The van der Waals surface area contributed by atoms with Crippen molar-refractivity contribution in [1.82, 2.24) is 14.8 Å². The molecule has 0 aliphatic carbocycles. The van der Waals surface area contributed by atoms with Gasteiger partial charge in [-0.15, -0.1) is 0 Å². The minimum absolute atomic E-state index is 0.0457. The lowest BCUT2D eigenvalue weighted by Gasteiger charge is -2.34. The molecule has 0 N–H and O–H groups in total. The number of piperidine rings is 1. The Morgan fingerprint density at radius 1 is 1.13 bits per heavy atom. The van der Waals surface area contributed by atoms with Gasteiger partial charge in [-0.3, -0.25) is 4.79 Å². The molecule has 2 atom stereocenters. The average Bonchev–Trinajstić information content (AvgIpc) is 3.40. The van der Waals surface area contributed by atoms with Crippen LogP contribution in [0.15, 0.2) is 42.6 Å². The molecular formula is C28H34ClN5O4. The molecule has 2 aliphatic rings. The molecule has 0 saturated carbocycles. The van der Waals surface area contributed by atoms with Gasteiger partial charge in [-0.1, -0.05) is 23.7 Å². The third-order valence-corrected chi connectivity index (χ3v) is 7.70. The number of likely N-dealkylation sites (N-methyl/N-ethyl adjacent to an activating group) is 1. The fraction of sp³-hybridized carbons (Fsp3) is 0.500. The normalized spacial score (nSPS) is 19.7. The van der Waals surface area contributed by atoms with E-state index in [1.807, 2.05) is 35.2 Å². The Morgan fingerprint density at radius 2 is 1.87 bits per heavy atom. The number of ether oxygens (including phenoxy) is 2. The van der Waals surface area contributed by atoms with Crippen molar-refractivity contribution in [3.05, 3.63) is 58.7 Å². The van der Waals surface area contributed by atoms with Crippen LogP contribution < -0.4 is 4.90 Å². The van der Waals surface area contributed by atoms with Crippen LogP contribution in [0.25, 0.3) is 0 Å². The van der Waals surface area contributed by atoms with E-state index in [9.17, 15) is 9.59 Å². The molecule has 3 heterocycles. The van der Waals surface area contributed by atoms with Gasteiger partial charge in [0.25, 0.3) is 0 Å². The van der Waals surface area contributed by atoms with Crippen molar-refractivity contribution in [2.45, 2.75) is 31.2 Å². The predicted molar refractivity (Wildman–Crippen MR) is 144 cm³/mol. The molecule has 4 rings (SSSR count). The van der Waals surface area contributed by atoms with Gasteiger partial charge in [-0.25, -0.2) is 9.78 Å². The molecule has 2 aliphatic heterocycles. The molecular weight excluding hydrogens is 506 g/mol. The van der Waals surface area contributed by atoms with Crippen molar-refractivity contribution in [3.8, 4) is 6.07 Å². The van der Waals surface area contributed by atoms with E-state index in [0.29, 0.717) is 36.7 Å². The average molecular weight is 540 g/mol. The van der Waals surface area contributed by atoms with E-state index >= 15 is 0 Å². The fourth-order valence-corrected chi connectivity index (χ4v) is 5.38. The second kappa shape index (κ2) is 12.9. The number of nitrogens with zero attached hydrogens (tertiary/aromatic N) is 5. The Hall–Kier alpha value is -3.35. The smallest absolute Gasteiger partial charge is 0.409 e. The maximum absolute atomic E-state index is 13.6. The zero-order chi connectivity index (χ0) is 27.1. The zero-order valence-corrected chi connectivity index (χ0v) is 22.6. The summed E-state index contributed by atoms with van der Waals surface area (Å²) in [5.41, 5.74) is 1.57. The number of nitriles is 1. The minimum atomic E-state index is -0.400. The summed E-state index contributed by atoms with van der Waals surface area (Å²) in [5, 5.41) is 9.64. The highest BCUT2D eigenvalue weighted by molar-refractivity contribution is 6.30. The van der Waals surface area contributed by atoms with Crippen LogP contribution in [0.4, 0.5) is 10.6 Å². The third kappa shape index (κ3) is 6.55. The first-order valence-electron chi connectivity index (χ1n) is 12.9. The number of anilines is 1. The van der Waals surface area contributed by atoms with Gasteiger partial charge < -0.3 is 24.2 Å². The molecule has 0 unspecified atom stereocenters. The maximum atomic E-state index is 13.6. The molecule has 2 amide bonds. The monoisotopic (exact) mass is 539 g/mol. The van der Waals surface area contributed by atoms with Crippen LogP contribution in [-0.4, -0.2) is 86.4 Å². The van der Waals surface area contributed by atoms with E-state index in [4.69, 9.17) is 26.3 Å². The van der Waals surface area contributed by atoms with Gasteiger partial charge in [-0.2, -0.15) is 5.26 Å². The number of amides is 2. The summed E-state index contributed by atoms with van der Waals surface area (Å²) in [7, 11) is 3.35. The van der Waals surface area contributed by atoms with Gasteiger partial charge in [0.05, 0.1) is 18.2 Å². The Bertz CT molecular complexity index is 1130. The number of methoxy groups -OCH3 is 1. The highest BCUT2D eigenvalue weighted by Crippen LogP contribution is 2.34. The first-order chi connectivity index (χ1) is 18.4. The minimum Gasteiger partial charge on any atom is -0.449 e. The van der Waals surface area contributed by atoms with Crippen LogP contribution in [0.2, 0.25) is 5.02 Å². The summed E-state index contributed by atoms with van der Waals surface area (Å²) in [6.45, 7) is 3.24. The van der Waals surface area contributed by atoms with Gasteiger partial charge in [0.2, 0.25) is 5.91 Å². The van der Waals surface area contributed by atoms with Crippen molar-refractivity contribution < 1.29 is 19.1 Å². The van der Waals surface area contributed by atoms with Gasteiger partial charge in [0, 0.05) is 76.4 Å². The van der Waals surface area contributed by atoms with E-state index in [-0.39, 0.29) is 30.4 Å². The van der Waals surface area contributed by atoms with E-state index in [2.05, 4.69) is 16.0 Å². The number of hydrogen-bond donors (Lipinski definition) is 0. The highest BCUT2D eigenvalue weighted by Gasteiger charge is 2.42. The Morgan fingerprint density at radius 3 is 2.50 bits per heavy atom. The van der Waals surface area contributed by atoms with Crippen molar-refractivity contribution in [3.63, 3.8) is 0 Å². The first kappa shape index (κ1) is 27.7. The second-order valence-corrected chi connectivity index (χ2v) is 10.3. The van der Waals surface area contributed by atoms with E-state index in [1.54, 1.807) is 31.3 Å². The molecule has 0 radical (unpaired) electrons. The molecule has 38 heavy (non-hydrogen) atoms. The predicted octanol–water partition coefficient (Wildman–Crippen LogP) is 3.92. The SMILES string of the molecule is COCCCOC(=O)N(C)[C@@H]1CN(C(=O)C2CCN(c3ccc(C#N)cn3)CC2)C[C@H]1c1ccc(Cl)cc1. The summed E-state index contributed by atoms with van der Waals surface area (Å²) in [4.78, 5) is 36.5. The zero-order valence-electron chi connectivity index (χ0n) is 21.9. The standard InChI is InChI=1S/C28H34ClN5O4/c1-32(28(36)38-15-3-14-37-2)25-19-34(18-24(25)21-5-7-23(29)8-6-21)27(35)22-10-12-33(13-11-22)26-9-4-20(16-30)17-31-26/h4-9,17,22,24-25H,3,10-15,18-19H2,1-2H3/t24-,25+/m0/s1. The number of likely N-dealkylation sites (tertiary alicyclic amines) is 1. The van der Waals surface area contributed by atoms with Crippen LogP contribution in [0.3, 0.4) is 0 Å². The van der Waals surface area contributed by atoms with E-state index < -0.39 is 6.09 Å². The van der Waals surface area contributed by atoms with Gasteiger partial charge in [-0.05, 0) is 42.7 Å². The van der Waals surface area contributed by atoms with Crippen molar-refractivity contribution >= 4 is 29.4 Å². The lowest BCUT2D eigenvalue weighted by molar-refractivity contribution is -0.135. The second-order valence-electron chi connectivity index (χ2n) is 9.82. The van der Waals surface area contributed by atoms with Crippen LogP contribution in [0.5, 0.6) is 0 Å². The van der Waals surface area contributed by atoms with Crippen LogP contribution in [0.1, 0.15) is 36.3 Å². The maximum Gasteiger partial charge on any atom is 0.409 e. The largest absolute Gasteiger partial charge is 0.449 e. The van der Waals surface area contributed by atoms with Crippen LogP contribution in [0, 0.1) is 17.2 Å². The summed E-state index contributed by atoms with van der Waals surface area (Å²) in [6.07, 6.45) is 3.26. The Balaban J connectivity index is 1.41. The van der Waals surface area contributed by atoms with Crippen LogP contribution in [-0.2, 0) is 14.3 Å². The summed E-state index contributed by atoms with van der Waals surface area (Å²) in [5.74, 6) is 0.821.